The molecular weight excluding hydrogens is 270 g/mol. The smallest absolute Gasteiger partial charge is 0.230 e. The van der Waals surface area contributed by atoms with Gasteiger partial charge in [-0.3, -0.25) is 4.79 Å². The molecule has 0 N–H and O–H groups in total. The number of carbonyl (C=O) groups is 1. The fourth-order valence-electron chi connectivity index (χ4n) is 3.32. The molecule has 2 unspecified atom stereocenters. The van der Waals surface area contributed by atoms with Gasteiger partial charge >= 0.3 is 0 Å². The van der Waals surface area contributed by atoms with Crippen LogP contribution in [0.2, 0.25) is 0 Å². The molecule has 7 nitrogen and oxygen atoms in total. The van der Waals surface area contributed by atoms with Crippen LogP contribution in [0.1, 0.15) is 25.7 Å². The van der Waals surface area contributed by atoms with Gasteiger partial charge in [-0.1, -0.05) is 0 Å². The number of rotatable bonds is 2. The van der Waals surface area contributed by atoms with E-state index >= 15 is 0 Å². The predicted molar refractivity (Wildman–Crippen MR) is 76.4 cm³/mol. The third-order valence-electron chi connectivity index (χ3n) is 4.48. The summed E-state index contributed by atoms with van der Waals surface area (Å²) in [5, 5.41) is 0. The first-order chi connectivity index (χ1) is 10.3. The summed E-state index contributed by atoms with van der Waals surface area (Å²) in [6.07, 6.45) is 5.64. The first kappa shape index (κ1) is 12.9. The summed E-state index contributed by atoms with van der Waals surface area (Å²) in [4.78, 5) is 28.8. The lowest BCUT2D eigenvalue weighted by molar-refractivity contribution is -0.119. The van der Waals surface area contributed by atoms with E-state index in [1.54, 1.807) is 6.33 Å². The van der Waals surface area contributed by atoms with E-state index in [2.05, 4.69) is 24.8 Å². The summed E-state index contributed by atoms with van der Waals surface area (Å²) < 4.78 is 5.85. The van der Waals surface area contributed by atoms with Crippen LogP contribution in [-0.4, -0.2) is 59.1 Å². The Labute approximate surface area is 123 Å². The van der Waals surface area contributed by atoms with E-state index in [-0.39, 0.29) is 0 Å². The van der Waals surface area contributed by atoms with Crippen molar-refractivity contribution >= 4 is 17.7 Å². The van der Waals surface area contributed by atoms with Gasteiger partial charge in [0.1, 0.15) is 12.1 Å². The van der Waals surface area contributed by atoms with Gasteiger partial charge in [0.05, 0.1) is 12.2 Å². The summed E-state index contributed by atoms with van der Waals surface area (Å²) in [5.41, 5.74) is 0. The second kappa shape index (κ2) is 5.22. The van der Waals surface area contributed by atoms with Crippen LogP contribution < -0.4 is 9.80 Å². The molecule has 3 aliphatic heterocycles. The quantitative estimate of drug-likeness (QED) is 0.780. The van der Waals surface area contributed by atoms with E-state index in [0.29, 0.717) is 49.9 Å². The topological polar surface area (TPSA) is 71.5 Å². The minimum absolute atomic E-state index is 0.316. The lowest BCUT2D eigenvalue weighted by Gasteiger charge is -2.32. The minimum atomic E-state index is 0.316. The summed E-state index contributed by atoms with van der Waals surface area (Å²) in [7, 11) is 0. The first-order valence-electron chi connectivity index (χ1n) is 7.64. The molecule has 0 spiro atoms. The Morgan fingerprint density at radius 3 is 2.29 bits per heavy atom. The highest BCUT2D eigenvalue weighted by Gasteiger charge is 2.35. The molecule has 112 valence electrons. The van der Waals surface area contributed by atoms with Gasteiger partial charge in [-0.05, 0) is 12.8 Å². The fraction of sp³-hybridized carbons (Fsp3) is 0.714. The van der Waals surface area contributed by atoms with Crippen LogP contribution in [-0.2, 0) is 9.53 Å². The van der Waals surface area contributed by atoms with Gasteiger partial charge in [0.25, 0.3) is 0 Å². The van der Waals surface area contributed by atoms with Crippen molar-refractivity contribution in [2.45, 2.75) is 37.9 Å². The number of morpholine rings is 1. The number of fused-ring (bicyclic) bond motifs is 2. The maximum atomic E-state index is 11.3. The average molecular weight is 289 g/mol. The molecule has 0 aromatic carbocycles. The second-order valence-corrected chi connectivity index (χ2v) is 5.97. The zero-order valence-electron chi connectivity index (χ0n) is 11.9. The number of nitrogens with zero attached hydrogens (tertiary/aromatic N) is 5. The molecule has 2 atom stereocenters. The molecule has 0 radical (unpaired) electrons. The standard InChI is InChI=1S/C14H19N5O2/c20-10-3-5-18(6-4-10)13-15-9-16-14(17-13)19-7-11-1-2-12(8-19)21-11/h9,11-12H,1-8H2. The number of carbonyl (C=O) groups excluding carboxylic acids is 1. The van der Waals surface area contributed by atoms with E-state index in [1.165, 1.54) is 0 Å². The largest absolute Gasteiger partial charge is 0.371 e. The SMILES string of the molecule is O=C1CCN(c2ncnc(N3CC4CCC(C3)O4)n2)CC1. The Balaban J connectivity index is 1.51. The highest BCUT2D eigenvalue weighted by molar-refractivity contribution is 5.80. The molecule has 7 heteroatoms. The molecule has 1 aromatic heterocycles. The van der Waals surface area contributed by atoms with E-state index in [0.717, 1.165) is 31.9 Å². The molecule has 21 heavy (non-hydrogen) atoms. The van der Waals surface area contributed by atoms with Crippen LogP contribution in [0.5, 0.6) is 0 Å². The van der Waals surface area contributed by atoms with Crippen molar-refractivity contribution < 1.29 is 9.53 Å². The van der Waals surface area contributed by atoms with Crippen molar-refractivity contribution in [3.05, 3.63) is 6.33 Å². The normalized spacial score (nSPS) is 29.0. The van der Waals surface area contributed by atoms with Crippen LogP contribution in [0.15, 0.2) is 6.33 Å². The van der Waals surface area contributed by atoms with Gasteiger partial charge < -0.3 is 14.5 Å². The van der Waals surface area contributed by atoms with E-state index in [1.807, 2.05) is 0 Å². The molecule has 4 rings (SSSR count). The van der Waals surface area contributed by atoms with Crippen LogP contribution >= 0.6 is 0 Å². The molecule has 0 amide bonds. The molecule has 3 fully saturated rings. The third kappa shape index (κ3) is 2.57. The molecule has 3 saturated heterocycles. The molecule has 3 aliphatic rings. The maximum Gasteiger partial charge on any atom is 0.230 e. The molecule has 2 bridgehead atoms. The van der Waals surface area contributed by atoms with Crippen LogP contribution in [0.3, 0.4) is 0 Å². The Kier molecular flexibility index (Phi) is 3.21. The predicted octanol–water partition coefficient (Wildman–Crippen LogP) is 0.408. The van der Waals surface area contributed by atoms with Gasteiger partial charge in [0.15, 0.2) is 0 Å². The van der Waals surface area contributed by atoms with Crippen LogP contribution in [0, 0.1) is 0 Å². The van der Waals surface area contributed by atoms with Gasteiger partial charge in [-0.25, -0.2) is 9.97 Å². The highest BCUT2D eigenvalue weighted by Crippen LogP contribution is 2.28. The Morgan fingerprint density at radius 2 is 1.62 bits per heavy atom. The Morgan fingerprint density at radius 1 is 1.00 bits per heavy atom. The van der Waals surface area contributed by atoms with Gasteiger partial charge in [-0.2, -0.15) is 4.98 Å². The summed E-state index contributed by atoms with van der Waals surface area (Å²) >= 11 is 0. The van der Waals surface area contributed by atoms with Crippen molar-refractivity contribution in [2.24, 2.45) is 0 Å². The zero-order valence-corrected chi connectivity index (χ0v) is 11.9. The lowest BCUT2D eigenvalue weighted by atomic mass is 10.1. The third-order valence-corrected chi connectivity index (χ3v) is 4.48. The van der Waals surface area contributed by atoms with Gasteiger partial charge in [0.2, 0.25) is 11.9 Å². The number of aromatic nitrogens is 3. The fourth-order valence-corrected chi connectivity index (χ4v) is 3.32. The lowest BCUT2D eigenvalue weighted by Crippen LogP contribution is -2.43. The zero-order chi connectivity index (χ0) is 14.2. The van der Waals surface area contributed by atoms with Gasteiger partial charge in [-0.15, -0.1) is 0 Å². The van der Waals surface area contributed by atoms with Crippen LogP contribution in [0.4, 0.5) is 11.9 Å². The van der Waals surface area contributed by atoms with E-state index in [4.69, 9.17) is 4.74 Å². The number of piperidine rings is 1. The Hall–Kier alpha value is -1.76. The number of ether oxygens (including phenoxy) is 1. The van der Waals surface area contributed by atoms with E-state index < -0.39 is 0 Å². The number of anilines is 2. The number of hydrogen-bond acceptors (Lipinski definition) is 7. The van der Waals surface area contributed by atoms with Crippen molar-refractivity contribution in [1.82, 2.24) is 15.0 Å². The molecule has 0 saturated carbocycles. The average Bonchev–Trinajstić information content (AvgIpc) is 2.86. The molecule has 4 heterocycles. The van der Waals surface area contributed by atoms with Gasteiger partial charge in [0, 0.05) is 39.0 Å². The first-order valence-corrected chi connectivity index (χ1v) is 7.64. The van der Waals surface area contributed by atoms with Crippen molar-refractivity contribution in [3.8, 4) is 0 Å². The number of hydrogen-bond donors (Lipinski definition) is 0. The molecular formula is C14H19N5O2. The maximum absolute atomic E-state index is 11.3. The van der Waals surface area contributed by atoms with Crippen molar-refractivity contribution in [1.29, 1.82) is 0 Å². The monoisotopic (exact) mass is 289 g/mol. The molecule has 1 aromatic rings. The number of ketones is 1. The van der Waals surface area contributed by atoms with Crippen molar-refractivity contribution in [2.75, 3.05) is 36.0 Å². The summed E-state index contributed by atoms with van der Waals surface area (Å²) in [6, 6.07) is 0. The molecule has 0 aliphatic carbocycles. The summed E-state index contributed by atoms with van der Waals surface area (Å²) in [6.45, 7) is 3.13. The van der Waals surface area contributed by atoms with E-state index in [9.17, 15) is 4.79 Å². The second-order valence-electron chi connectivity index (χ2n) is 5.97. The van der Waals surface area contributed by atoms with Crippen molar-refractivity contribution in [3.63, 3.8) is 0 Å². The minimum Gasteiger partial charge on any atom is -0.371 e. The van der Waals surface area contributed by atoms with Crippen LogP contribution in [0.25, 0.3) is 0 Å². The summed E-state index contributed by atoms with van der Waals surface area (Å²) in [5.74, 6) is 1.74. The Bertz CT molecular complexity index is 530. The number of Topliss-reactive ketones (excluding diaryl/α,β-unsaturated/α-hetero) is 1. The highest BCUT2D eigenvalue weighted by atomic mass is 16.5.